The van der Waals surface area contributed by atoms with Gasteiger partial charge in [-0.25, -0.2) is 4.68 Å². The third kappa shape index (κ3) is 2.75. The highest BCUT2D eigenvalue weighted by Crippen LogP contribution is 2.26. The Bertz CT molecular complexity index is 748. The van der Waals surface area contributed by atoms with Gasteiger partial charge in [0.15, 0.2) is 0 Å². The number of hydrogen-bond acceptors (Lipinski definition) is 5. The quantitative estimate of drug-likeness (QED) is 0.854. The normalized spacial score (nSPS) is 11.5. The number of anilines is 1. The highest BCUT2D eigenvalue weighted by atomic mass is 19.4. The van der Waals surface area contributed by atoms with Gasteiger partial charge in [0, 0.05) is 14.1 Å². The van der Waals surface area contributed by atoms with Crippen molar-refractivity contribution in [3.05, 3.63) is 33.7 Å². The van der Waals surface area contributed by atoms with Gasteiger partial charge in [0.1, 0.15) is 11.3 Å². The van der Waals surface area contributed by atoms with Crippen LogP contribution in [0.4, 0.5) is 19.1 Å². The molecule has 0 atom stereocenters. The van der Waals surface area contributed by atoms with Crippen molar-refractivity contribution >= 4 is 11.9 Å². The van der Waals surface area contributed by atoms with E-state index in [-0.39, 0.29) is 11.6 Å². The zero-order chi connectivity index (χ0) is 15.8. The molecule has 0 radical (unpaired) electrons. The van der Waals surface area contributed by atoms with Crippen LogP contribution in [-0.2, 0) is 20.3 Å². The molecule has 21 heavy (non-hydrogen) atoms. The van der Waals surface area contributed by atoms with E-state index in [1.54, 1.807) is 0 Å². The lowest BCUT2D eigenvalue weighted by atomic mass is 10.2. The molecule has 0 saturated carbocycles. The van der Waals surface area contributed by atoms with Crippen LogP contribution < -0.4 is 10.9 Å². The van der Waals surface area contributed by atoms with Crippen molar-refractivity contribution in [3.8, 4) is 0 Å². The number of alkyl halides is 3. The molecule has 0 aliphatic rings. The number of tetrazole rings is 1. The molecule has 0 aliphatic heterocycles. The Labute approximate surface area is 115 Å². The van der Waals surface area contributed by atoms with E-state index < -0.39 is 23.2 Å². The Balaban J connectivity index is 2.38. The van der Waals surface area contributed by atoms with Crippen molar-refractivity contribution in [2.75, 3.05) is 5.32 Å². The number of rotatable bonds is 2. The Morgan fingerprint density at radius 2 is 1.95 bits per heavy atom. The average Bonchev–Trinajstić information content (AvgIpc) is 2.76. The van der Waals surface area contributed by atoms with E-state index in [0.29, 0.717) is 10.6 Å². The molecule has 0 aromatic carbocycles. The summed E-state index contributed by atoms with van der Waals surface area (Å²) in [4.78, 5) is 23.6. The van der Waals surface area contributed by atoms with Crippen LogP contribution in [0.1, 0.15) is 16.1 Å². The van der Waals surface area contributed by atoms with E-state index in [2.05, 4.69) is 20.8 Å². The summed E-state index contributed by atoms with van der Waals surface area (Å²) >= 11 is 0. The van der Waals surface area contributed by atoms with Crippen molar-refractivity contribution in [2.24, 2.45) is 14.1 Å². The molecule has 0 unspecified atom stereocenters. The molecule has 0 spiro atoms. The first-order valence-corrected chi connectivity index (χ1v) is 5.52. The highest BCUT2D eigenvalue weighted by molar-refractivity contribution is 6.02. The van der Waals surface area contributed by atoms with Crippen LogP contribution >= 0.6 is 0 Å². The smallest absolute Gasteiger partial charge is 0.307 e. The number of nitrogens with one attached hydrogen (secondary N) is 1. The lowest BCUT2D eigenvalue weighted by Crippen LogP contribution is -2.32. The van der Waals surface area contributed by atoms with Gasteiger partial charge in [-0.15, -0.1) is 0 Å². The first kappa shape index (κ1) is 14.7. The molecule has 2 aromatic heterocycles. The summed E-state index contributed by atoms with van der Waals surface area (Å²) in [7, 11) is 2.53. The standard InChI is InChI=1S/C10H9F3N6O2/c1-18-6(4-3-5(8(18)21)10(11,12)13)7(20)14-9-15-16-17-19(9)2/h3-4H,1-2H3,(H,14,15,17,20). The predicted molar refractivity (Wildman–Crippen MR) is 63.4 cm³/mol. The first-order chi connectivity index (χ1) is 9.71. The number of hydrogen-bond donors (Lipinski definition) is 1. The molecule has 0 saturated heterocycles. The SMILES string of the molecule is Cn1nnnc1NC(=O)c1ccc(C(F)(F)F)c(=O)n1C. The van der Waals surface area contributed by atoms with Gasteiger partial charge in [-0.05, 0) is 22.6 Å². The average molecular weight is 302 g/mol. The van der Waals surface area contributed by atoms with Gasteiger partial charge >= 0.3 is 6.18 Å². The van der Waals surface area contributed by atoms with E-state index >= 15 is 0 Å². The number of nitrogens with zero attached hydrogens (tertiary/aromatic N) is 5. The van der Waals surface area contributed by atoms with E-state index in [9.17, 15) is 22.8 Å². The van der Waals surface area contributed by atoms with Crippen LogP contribution in [0.15, 0.2) is 16.9 Å². The maximum atomic E-state index is 12.6. The van der Waals surface area contributed by atoms with Crippen LogP contribution in [-0.4, -0.2) is 30.7 Å². The molecule has 0 fully saturated rings. The summed E-state index contributed by atoms with van der Waals surface area (Å²) in [5.41, 5.74) is -2.91. The van der Waals surface area contributed by atoms with Crippen LogP contribution in [0.3, 0.4) is 0 Å². The summed E-state index contributed by atoms with van der Waals surface area (Å²) in [6, 6.07) is 1.47. The number of pyridine rings is 1. The van der Waals surface area contributed by atoms with Gasteiger partial charge in [-0.3, -0.25) is 14.9 Å². The Morgan fingerprint density at radius 3 is 2.48 bits per heavy atom. The molecule has 1 amide bonds. The van der Waals surface area contributed by atoms with Gasteiger partial charge in [-0.2, -0.15) is 13.2 Å². The van der Waals surface area contributed by atoms with Crippen LogP contribution in [0.25, 0.3) is 0 Å². The largest absolute Gasteiger partial charge is 0.421 e. The summed E-state index contributed by atoms with van der Waals surface area (Å²) < 4.78 is 39.5. The third-order valence-corrected chi connectivity index (χ3v) is 2.69. The molecule has 0 aliphatic carbocycles. The fraction of sp³-hybridized carbons (Fsp3) is 0.300. The van der Waals surface area contributed by atoms with Crippen molar-refractivity contribution in [1.29, 1.82) is 0 Å². The van der Waals surface area contributed by atoms with E-state index in [4.69, 9.17) is 0 Å². The topological polar surface area (TPSA) is 94.7 Å². The highest BCUT2D eigenvalue weighted by Gasteiger charge is 2.35. The lowest BCUT2D eigenvalue weighted by Gasteiger charge is -2.11. The molecular formula is C10H9F3N6O2. The van der Waals surface area contributed by atoms with Gasteiger partial charge in [0.25, 0.3) is 11.5 Å². The molecule has 11 heteroatoms. The maximum absolute atomic E-state index is 12.6. The van der Waals surface area contributed by atoms with Crippen molar-refractivity contribution in [2.45, 2.75) is 6.18 Å². The predicted octanol–water partition coefficient (Wildman–Crippen LogP) is 0.180. The van der Waals surface area contributed by atoms with Crippen molar-refractivity contribution in [1.82, 2.24) is 24.8 Å². The Kier molecular flexibility index (Phi) is 3.49. The number of aryl methyl sites for hydroxylation is 1. The lowest BCUT2D eigenvalue weighted by molar-refractivity contribution is -0.138. The molecule has 0 bridgehead atoms. The number of carbonyl (C=O) groups is 1. The van der Waals surface area contributed by atoms with Gasteiger partial charge in [0.05, 0.1) is 0 Å². The van der Waals surface area contributed by atoms with Gasteiger partial charge in [-0.1, -0.05) is 5.10 Å². The fourth-order valence-corrected chi connectivity index (χ4v) is 1.58. The molecule has 112 valence electrons. The molecule has 2 rings (SSSR count). The number of amides is 1. The summed E-state index contributed by atoms with van der Waals surface area (Å²) in [6.07, 6.45) is -4.78. The van der Waals surface area contributed by atoms with E-state index in [0.717, 1.165) is 17.8 Å². The van der Waals surface area contributed by atoms with Crippen LogP contribution in [0.2, 0.25) is 0 Å². The van der Waals surface area contributed by atoms with E-state index in [1.165, 1.54) is 7.05 Å². The zero-order valence-electron chi connectivity index (χ0n) is 10.8. The van der Waals surface area contributed by atoms with Crippen molar-refractivity contribution < 1.29 is 18.0 Å². The van der Waals surface area contributed by atoms with Crippen LogP contribution in [0.5, 0.6) is 0 Å². The minimum atomic E-state index is -4.78. The molecule has 2 aromatic rings. The van der Waals surface area contributed by atoms with Crippen molar-refractivity contribution in [3.63, 3.8) is 0 Å². The number of aromatic nitrogens is 5. The fourth-order valence-electron chi connectivity index (χ4n) is 1.58. The first-order valence-electron chi connectivity index (χ1n) is 5.52. The molecule has 8 nitrogen and oxygen atoms in total. The van der Waals surface area contributed by atoms with Gasteiger partial charge in [0.2, 0.25) is 5.95 Å². The number of halogens is 3. The second kappa shape index (κ2) is 5.00. The molecule has 1 N–H and O–H groups in total. The summed E-state index contributed by atoms with van der Waals surface area (Å²) in [5.74, 6) is -0.812. The molecular weight excluding hydrogens is 293 g/mol. The summed E-state index contributed by atoms with van der Waals surface area (Å²) in [5, 5.41) is 12.5. The Morgan fingerprint density at radius 1 is 1.29 bits per heavy atom. The third-order valence-electron chi connectivity index (χ3n) is 2.69. The maximum Gasteiger partial charge on any atom is 0.421 e. The zero-order valence-corrected chi connectivity index (χ0v) is 10.8. The second-order valence-electron chi connectivity index (χ2n) is 4.07. The monoisotopic (exact) mass is 302 g/mol. The second-order valence-corrected chi connectivity index (χ2v) is 4.07. The van der Waals surface area contributed by atoms with E-state index in [1.807, 2.05) is 0 Å². The van der Waals surface area contributed by atoms with Gasteiger partial charge < -0.3 is 4.57 Å². The Hall–Kier alpha value is -2.72. The minimum absolute atomic E-state index is 0.00709. The van der Waals surface area contributed by atoms with Crippen LogP contribution in [0, 0.1) is 0 Å². The minimum Gasteiger partial charge on any atom is -0.307 e. The molecule has 2 heterocycles. The summed E-state index contributed by atoms with van der Waals surface area (Å²) in [6.45, 7) is 0. The number of carbonyl (C=O) groups excluding carboxylic acids is 1.